The number of piperazine rings is 1. The zero-order valence-corrected chi connectivity index (χ0v) is 16.9. The van der Waals surface area contributed by atoms with E-state index in [4.69, 9.17) is 30.8 Å². The number of amides is 2. The number of anilines is 1. The highest BCUT2D eigenvalue weighted by Gasteiger charge is 2.24. The standard InChI is InChI=1S/C22H35ClN4O/c1-17-5-4-6-20(21(17)23)27-15-13-26(14-16-27)12-11-18-7-9-19(10-8-18)24-22(28)25(2)3/h4-6,18-19H,7-16H2,1-3H3,(H,24,28)/t18-,19-/i7D2,8D2,9D2,10D2,11D2,12D2,18D,19D. The SMILES string of the molecule is [2H]C([2H])(N1CCN(c2cccc(C)c2Cl)CC1)C([2H])([2H])[C@]1([2H])C([2H])([2H])C([2H])([2H])[C@@]([2H])(NC(=O)N(C)C)C([2H])([2H])C1([2H])[2H]. The molecule has 1 saturated heterocycles. The molecule has 0 aromatic heterocycles. The van der Waals surface area contributed by atoms with Crippen LogP contribution in [0.5, 0.6) is 0 Å². The van der Waals surface area contributed by atoms with E-state index in [1.807, 2.05) is 17.9 Å². The molecule has 2 aliphatic rings. The summed E-state index contributed by atoms with van der Waals surface area (Å²) in [6.45, 7) is -1.64. The van der Waals surface area contributed by atoms with Crippen molar-refractivity contribution >= 4 is 23.3 Å². The fourth-order valence-corrected chi connectivity index (χ4v) is 2.97. The molecule has 6 heteroatoms. The molecular weight excluding hydrogens is 372 g/mol. The number of aryl methyl sites for hydroxylation is 1. The minimum absolute atomic E-state index is 0.123. The van der Waals surface area contributed by atoms with Crippen molar-refractivity contribution in [2.24, 2.45) is 5.89 Å². The Morgan fingerprint density at radius 1 is 1.29 bits per heavy atom. The Bertz CT molecular complexity index is 1190. The Morgan fingerprint density at radius 3 is 2.61 bits per heavy atom. The van der Waals surface area contributed by atoms with Crippen LogP contribution < -0.4 is 10.2 Å². The molecule has 3 rings (SSSR count). The maximum atomic E-state index is 12.4. The smallest absolute Gasteiger partial charge is 0.317 e. The van der Waals surface area contributed by atoms with E-state index in [2.05, 4.69) is 0 Å². The Hall–Kier alpha value is -1.46. The number of carbonyl (C=O) groups is 1. The minimum atomic E-state index is -4.13. The quantitative estimate of drug-likeness (QED) is 0.782. The van der Waals surface area contributed by atoms with E-state index in [0.29, 0.717) is 10.7 Å². The fourth-order valence-electron chi connectivity index (χ4n) is 2.73. The van der Waals surface area contributed by atoms with Gasteiger partial charge in [0, 0.05) is 64.1 Å². The largest absolute Gasteiger partial charge is 0.368 e. The van der Waals surface area contributed by atoms with Crippen molar-refractivity contribution in [2.75, 3.05) is 51.7 Å². The van der Waals surface area contributed by atoms with Gasteiger partial charge in [-0.1, -0.05) is 23.7 Å². The second-order valence-electron chi connectivity index (χ2n) is 6.69. The van der Waals surface area contributed by atoms with Crippen LogP contribution in [0.2, 0.25) is 5.02 Å². The van der Waals surface area contributed by atoms with Crippen molar-refractivity contribution in [3.8, 4) is 0 Å². The van der Waals surface area contributed by atoms with Gasteiger partial charge < -0.3 is 15.1 Å². The summed E-state index contributed by atoms with van der Waals surface area (Å²) in [5, 5.41) is 2.18. The van der Waals surface area contributed by atoms with Gasteiger partial charge in [-0.05, 0) is 62.8 Å². The molecular formula is C22H35ClN4O. The van der Waals surface area contributed by atoms with Crippen molar-refractivity contribution in [1.29, 1.82) is 0 Å². The van der Waals surface area contributed by atoms with Crippen molar-refractivity contribution in [2.45, 2.75) is 44.8 Å². The van der Waals surface area contributed by atoms with Gasteiger partial charge in [0.15, 0.2) is 0 Å². The highest BCUT2D eigenvalue weighted by molar-refractivity contribution is 6.34. The molecule has 5 nitrogen and oxygen atoms in total. The van der Waals surface area contributed by atoms with Gasteiger partial charge in [0.2, 0.25) is 0 Å². The van der Waals surface area contributed by atoms with E-state index in [1.165, 1.54) is 14.1 Å². The Labute approximate surface area is 194 Å². The van der Waals surface area contributed by atoms with Gasteiger partial charge in [0.25, 0.3) is 0 Å². The molecule has 0 spiro atoms. The molecule has 0 radical (unpaired) electrons. The lowest BCUT2D eigenvalue weighted by Crippen LogP contribution is -2.47. The average Bonchev–Trinajstić information content (AvgIpc) is 2.88. The van der Waals surface area contributed by atoms with Gasteiger partial charge >= 0.3 is 6.03 Å². The molecule has 2 fully saturated rings. The van der Waals surface area contributed by atoms with E-state index in [9.17, 15) is 4.79 Å². The molecule has 1 aromatic carbocycles. The predicted octanol–water partition coefficient (Wildman–Crippen LogP) is 3.99. The van der Waals surface area contributed by atoms with Crippen LogP contribution in [0.25, 0.3) is 0 Å². The van der Waals surface area contributed by atoms with Crippen molar-refractivity contribution < 1.29 is 24.0 Å². The summed E-state index contributed by atoms with van der Waals surface area (Å²) >= 11 is 6.42. The molecule has 28 heavy (non-hydrogen) atoms. The molecule has 0 atom stereocenters. The van der Waals surface area contributed by atoms with E-state index in [-0.39, 0.29) is 26.2 Å². The van der Waals surface area contributed by atoms with Crippen molar-refractivity contribution in [1.82, 2.24) is 15.1 Å². The van der Waals surface area contributed by atoms with E-state index in [1.54, 1.807) is 17.4 Å². The topological polar surface area (TPSA) is 38.8 Å². The van der Waals surface area contributed by atoms with Gasteiger partial charge in [-0.25, -0.2) is 4.79 Å². The third-order valence-corrected chi connectivity index (χ3v) is 4.89. The third-order valence-electron chi connectivity index (χ3n) is 4.39. The van der Waals surface area contributed by atoms with Gasteiger partial charge in [0.05, 0.1) is 12.1 Å². The maximum absolute atomic E-state index is 12.4. The molecule has 1 heterocycles. The number of nitrogens with zero attached hydrogens (tertiary/aromatic N) is 3. The number of rotatable bonds is 5. The van der Waals surface area contributed by atoms with Crippen LogP contribution in [0.15, 0.2) is 18.2 Å². The molecule has 1 aromatic rings. The zero-order valence-electron chi connectivity index (χ0n) is 30.2. The maximum Gasteiger partial charge on any atom is 0.317 e. The predicted molar refractivity (Wildman–Crippen MR) is 117 cm³/mol. The lowest BCUT2D eigenvalue weighted by atomic mass is 9.84. The molecule has 0 unspecified atom stereocenters. The second kappa shape index (κ2) is 9.84. The highest BCUT2D eigenvalue weighted by atomic mass is 35.5. The number of nitrogens with one attached hydrogen (secondary N) is 1. The van der Waals surface area contributed by atoms with Crippen molar-refractivity contribution in [3.63, 3.8) is 0 Å². The third kappa shape index (κ3) is 5.54. The van der Waals surface area contributed by atoms with Crippen LogP contribution in [0.1, 0.15) is 56.6 Å². The molecule has 1 saturated carbocycles. The number of hydrogen-bond donors (Lipinski definition) is 1. The first-order valence-corrected chi connectivity index (χ1v) is 9.35. The van der Waals surface area contributed by atoms with Crippen LogP contribution in [0, 0.1) is 12.8 Å². The fraction of sp³-hybridized carbons (Fsp3) is 0.682. The van der Waals surface area contributed by atoms with Crippen LogP contribution in [-0.4, -0.2) is 68.6 Å². The molecule has 1 aliphatic heterocycles. The van der Waals surface area contributed by atoms with Gasteiger partial charge in [0.1, 0.15) is 0 Å². The number of halogens is 1. The second-order valence-corrected chi connectivity index (χ2v) is 7.07. The Kier molecular flexibility index (Phi) is 3.36. The summed E-state index contributed by atoms with van der Waals surface area (Å²) in [5.41, 5.74) is 1.46. The highest BCUT2D eigenvalue weighted by Crippen LogP contribution is 2.30. The molecule has 1 N–H and O–H groups in total. The normalized spacial score (nSPS) is 44.4. The first-order valence-electron chi connectivity index (χ1n) is 16.0. The number of benzene rings is 1. The lowest BCUT2D eigenvalue weighted by Gasteiger charge is -2.37. The van der Waals surface area contributed by atoms with Crippen LogP contribution in [-0.2, 0) is 0 Å². The van der Waals surface area contributed by atoms with Crippen LogP contribution >= 0.6 is 11.6 Å². The average molecular weight is 421 g/mol. The van der Waals surface area contributed by atoms with Crippen LogP contribution in [0.4, 0.5) is 10.5 Å². The van der Waals surface area contributed by atoms with Gasteiger partial charge in [-0.2, -0.15) is 0 Å². The Morgan fingerprint density at radius 2 is 1.96 bits per heavy atom. The molecule has 2 amide bonds. The van der Waals surface area contributed by atoms with Gasteiger partial charge in [-0.15, -0.1) is 0 Å². The van der Waals surface area contributed by atoms with E-state index >= 15 is 0 Å². The Balaban J connectivity index is 2.09. The summed E-state index contributed by atoms with van der Waals surface area (Å²) in [5.74, 6) is -4.13. The summed E-state index contributed by atoms with van der Waals surface area (Å²) in [7, 11) is 2.34. The lowest BCUT2D eigenvalue weighted by molar-refractivity contribution is 0.194. The number of carbonyl (C=O) groups excluding carboxylic acids is 1. The summed E-state index contributed by atoms with van der Waals surface area (Å²) in [6, 6.07) is 0.388. The zero-order chi connectivity index (χ0) is 32.7. The summed E-state index contributed by atoms with van der Waals surface area (Å²) < 4.78 is 121. The van der Waals surface area contributed by atoms with E-state index in [0.717, 1.165) is 15.4 Å². The number of urea groups is 1. The molecule has 156 valence electrons. The minimum Gasteiger partial charge on any atom is -0.368 e. The number of hydrogen-bond acceptors (Lipinski definition) is 3. The van der Waals surface area contributed by atoms with Crippen molar-refractivity contribution in [3.05, 3.63) is 28.8 Å². The molecule has 0 bridgehead atoms. The first-order chi connectivity index (χ1) is 18.7. The summed E-state index contributed by atoms with van der Waals surface area (Å²) in [6.07, 6.45) is -20.0. The monoisotopic (exact) mass is 420 g/mol. The summed E-state index contributed by atoms with van der Waals surface area (Å²) in [4.78, 5) is 16.0. The van der Waals surface area contributed by atoms with Crippen LogP contribution in [0.3, 0.4) is 0 Å². The molecule has 1 aliphatic carbocycles. The van der Waals surface area contributed by atoms with Gasteiger partial charge in [-0.3, -0.25) is 4.90 Å². The first kappa shape index (κ1) is 9.57. The van der Waals surface area contributed by atoms with E-state index < -0.39 is 56.3 Å².